The summed E-state index contributed by atoms with van der Waals surface area (Å²) in [6, 6.07) is 34.7. The number of hydrogen-bond acceptors (Lipinski definition) is 1. The molecule has 8 aromatic rings. The van der Waals surface area contributed by atoms with Gasteiger partial charge in [0.1, 0.15) is 11.6 Å². The van der Waals surface area contributed by atoms with Crippen LogP contribution >= 0.6 is 0 Å². The molecular weight excluding hydrogens is 721 g/mol. The highest BCUT2D eigenvalue weighted by Gasteiger charge is 2.37. The van der Waals surface area contributed by atoms with Crippen molar-refractivity contribution in [1.29, 1.82) is 5.26 Å². The fraction of sp³-hybridized carbons (Fsp3) is 0.213. The third kappa shape index (κ3) is 6.08. The Balaban J connectivity index is 1.59. The van der Waals surface area contributed by atoms with Gasteiger partial charge in [-0.25, -0.2) is 0 Å². The molecule has 0 saturated carbocycles. The number of aromatic nitrogens is 2. The molecule has 0 bridgehead atoms. The van der Waals surface area contributed by atoms with Crippen molar-refractivity contribution in [3.8, 4) is 28.6 Å². The maximum atomic E-state index is 14.3. The number of nitriles is 1. The second kappa shape index (κ2) is 12.5. The summed E-state index contributed by atoms with van der Waals surface area (Å²) in [5.74, 6) is 0. The minimum absolute atomic E-state index is 0.0846. The number of alkyl halides is 6. The van der Waals surface area contributed by atoms with Crippen molar-refractivity contribution >= 4 is 43.6 Å². The quantitative estimate of drug-likeness (QED) is 0.165. The first-order chi connectivity index (χ1) is 26.3. The van der Waals surface area contributed by atoms with Gasteiger partial charge in [0.15, 0.2) is 0 Å². The largest absolute Gasteiger partial charge is 0.416 e. The molecule has 2 aromatic heterocycles. The third-order valence-corrected chi connectivity index (χ3v) is 10.7. The molecule has 0 amide bonds. The average molecular weight is 758 g/mol. The van der Waals surface area contributed by atoms with E-state index in [-0.39, 0.29) is 33.6 Å². The van der Waals surface area contributed by atoms with E-state index < -0.39 is 23.5 Å². The monoisotopic (exact) mass is 757 g/mol. The van der Waals surface area contributed by atoms with Gasteiger partial charge in [-0.05, 0) is 87.7 Å². The van der Waals surface area contributed by atoms with Crippen LogP contribution in [-0.2, 0) is 23.2 Å². The van der Waals surface area contributed by atoms with Crippen LogP contribution in [0.2, 0.25) is 0 Å². The summed E-state index contributed by atoms with van der Waals surface area (Å²) in [7, 11) is 0. The van der Waals surface area contributed by atoms with Crippen molar-refractivity contribution in [2.75, 3.05) is 0 Å². The Kier molecular flexibility index (Phi) is 8.25. The zero-order valence-corrected chi connectivity index (χ0v) is 31.6. The van der Waals surface area contributed by atoms with E-state index in [2.05, 4.69) is 59.7 Å². The standard InChI is InChI=1S/C47H37F6N3/c1-44(2,3)29-15-17-35-33-11-7-9-13-38(33)55(42(35)24-29)40-21-28(27-19-31(46(48,49)50)23-32(20-27)47(51,52)53)22-41(37(40)26-54)56-39-14-10-8-12-34(39)36-18-16-30(25-43(36)56)45(4,5)6/h7-25H,1-6H3. The summed E-state index contributed by atoms with van der Waals surface area (Å²) in [5.41, 5.74) is 2.23. The number of nitrogens with zero attached hydrogens (tertiary/aromatic N) is 3. The van der Waals surface area contributed by atoms with Crippen molar-refractivity contribution < 1.29 is 26.3 Å². The molecule has 0 atom stereocenters. The molecule has 6 aromatic carbocycles. The van der Waals surface area contributed by atoms with Gasteiger partial charge in [-0.15, -0.1) is 0 Å². The topological polar surface area (TPSA) is 33.6 Å². The minimum atomic E-state index is -5.05. The van der Waals surface area contributed by atoms with Gasteiger partial charge >= 0.3 is 12.4 Å². The van der Waals surface area contributed by atoms with E-state index in [0.29, 0.717) is 11.4 Å². The van der Waals surface area contributed by atoms with Gasteiger partial charge in [-0.1, -0.05) is 102 Å². The fourth-order valence-electron chi connectivity index (χ4n) is 7.76. The molecule has 0 aliphatic rings. The van der Waals surface area contributed by atoms with Crippen molar-refractivity contribution in [1.82, 2.24) is 9.13 Å². The number of hydrogen-bond donors (Lipinski definition) is 0. The van der Waals surface area contributed by atoms with Crippen molar-refractivity contribution in [2.45, 2.75) is 64.7 Å². The maximum absolute atomic E-state index is 14.3. The Morgan fingerprint density at radius 3 is 1.18 bits per heavy atom. The molecule has 8 rings (SSSR count). The maximum Gasteiger partial charge on any atom is 0.416 e. The van der Waals surface area contributed by atoms with Gasteiger partial charge in [0.25, 0.3) is 0 Å². The Labute approximate surface area is 320 Å². The Morgan fingerprint density at radius 2 is 0.804 bits per heavy atom. The van der Waals surface area contributed by atoms with Crippen LogP contribution in [0.25, 0.3) is 66.1 Å². The summed E-state index contributed by atoms with van der Waals surface area (Å²) in [4.78, 5) is 0. The first-order valence-electron chi connectivity index (χ1n) is 18.2. The lowest BCUT2D eigenvalue weighted by molar-refractivity contribution is -0.143. The number of fused-ring (bicyclic) bond motifs is 6. The van der Waals surface area contributed by atoms with Gasteiger partial charge in [0, 0.05) is 21.5 Å². The van der Waals surface area contributed by atoms with Gasteiger partial charge in [-0.2, -0.15) is 31.6 Å². The molecule has 282 valence electrons. The van der Waals surface area contributed by atoms with Gasteiger partial charge in [-0.3, -0.25) is 0 Å². The zero-order chi connectivity index (χ0) is 40.1. The van der Waals surface area contributed by atoms with Crippen LogP contribution in [0.4, 0.5) is 26.3 Å². The summed E-state index contributed by atoms with van der Waals surface area (Å²) in [6.45, 7) is 12.5. The minimum Gasteiger partial charge on any atom is -0.308 e. The molecule has 9 heteroatoms. The molecule has 3 nitrogen and oxygen atoms in total. The number of para-hydroxylation sites is 2. The second-order valence-electron chi connectivity index (χ2n) is 16.5. The van der Waals surface area contributed by atoms with E-state index in [9.17, 15) is 31.6 Å². The van der Waals surface area contributed by atoms with Gasteiger partial charge < -0.3 is 9.13 Å². The van der Waals surface area contributed by atoms with E-state index in [1.807, 2.05) is 81.9 Å². The molecule has 0 fully saturated rings. The molecular formula is C47H37F6N3. The smallest absolute Gasteiger partial charge is 0.308 e. The summed E-state index contributed by atoms with van der Waals surface area (Å²) in [6.07, 6.45) is -10.1. The summed E-state index contributed by atoms with van der Waals surface area (Å²) >= 11 is 0. The lowest BCUT2D eigenvalue weighted by Gasteiger charge is -2.22. The highest BCUT2D eigenvalue weighted by Crippen LogP contribution is 2.44. The van der Waals surface area contributed by atoms with E-state index in [0.717, 1.165) is 66.9 Å². The third-order valence-electron chi connectivity index (χ3n) is 10.7. The molecule has 56 heavy (non-hydrogen) atoms. The summed E-state index contributed by atoms with van der Waals surface area (Å²) in [5, 5.41) is 14.8. The van der Waals surface area contributed by atoms with Crippen LogP contribution < -0.4 is 0 Å². The summed E-state index contributed by atoms with van der Waals surface area (Å²) < 4.78 is 89.8. The SMILES string of the molecule is CC(C)(C)c1ccc2c3ccccc3n(-c3cc(-c4cc(C(F)(F)F)cc(C(F)(F)F)c4)cc(-n4c5ccccc5c5ccc(C(C)(C)C)cc54)c3C#N)c2c1. The molecule has 0 saturated heterocycles. The van der Waals surface area contributed by atoms with Crippen LogP contribution in [0.3, 0.4) is 0 Å². The highest BCUT2D eigenvalue weighted by atomic mass is 19.4. The van der Waals surface area contributed by atoms with Gasteiger partial charge in [0.2, 0.25) is 0 Å². The van der Waals surface area contributed by atoms with Crippen LogP contribution in [-0.4, -0.2) is 9.13 Å². The normalized spacial score (nSPS) is 13.0. The van der Waals surface area contributed by atoms with Gasteiger partial charge in [0.05, 0.1) is 44.6 Å². The zero-order valence-electron chi connectivity index (χ0n) is 31.6. The Morgan fingerprint density at radius 1 is 0.429 bits per heavy atom. The molecule has 0 aliphatic carbocycles. The Bertz CT molecular complexity index is 2730. The Hall–Kier alpha value is -6.01. The van der Waals surface area contributed by atoms with E-state index in [1.165, 1.54) is 0 Å². The van der Waals surface area contributed by atoms with E-state index >= 15 is 0 Å². The molecule has 2 heterocycles. The lowest BCUT2D eigenvalue weighted by atomic mass is 9.86. The molecule has 0 aliphatic heterocycles. The van der Waals surface area contributed by atoms with Crippen LogP contribution in [0.1, 0.15) is 69.4 Å². The predicted octanol–water partition coefficient (Wildman–Crippen LogP) is 14.1. The average Bonchev–Trinajstić information content (AvgIpc) is 3.64. The number of benzene rings is 6. The van der Waals surface area contributed by atoms with Crippen LogP contribution in [0, 0.1) is 11.3 Å². The predicted molar refractivity (Wildman–Crippen MR) is 213 cm³/mol. The number of rotatable bonds is 3. The first-order valence-corrected chi connectivity index (χ1v) is 18.2. The van der Waals surface area contributed by atoms with E-state index in [4.69, 9.17) is 0 Å². The number of halogens is 6. The second-order valence-corrected chi connectivity index (χ2v) is 16.5. The fourth-order valence-corrected chi connectivity index (χ4v) is 7.76. The van der Waals surface area contributed by atoms with Crippen molar-refractivity contribution in [3.63, 3.8) is 0 Å². The molecule has 0 spiro atoms. The van der Waals surface area contributed by atoms with Crippen molar-refractivity contribution in [3.05, 3.63) is 143 Å². The lowest BCUT2D eigenvalue weighted by Crippen LogP contribution is -2.12. The highest BCUT2D eigenvalue weighted by molar-refractivity contribution is 6.11. The van der Waals surface area contributed by atoms with E-state index in [1.54, 1.807) is 12.1 Å². The molecule has 0 radical (unpaired) electrons. The molecule has 0 N–H and O–H groups in total. The van der Waals surface area contributed by atoms with Crippen molar-refractivity contribution in [2.24, 2.45) is 0 Å². The molecule has 0 unspecified atom stereocenters. The van der Waals surface area contributed by atoms with Crippen LogP contribution in [0.5, 0.6) is 0 Å². The van der Waals surface area contributed by atoms with Crippen LogP contribution in [0.15, 0.2) is 115 Å². The first kappa shape index (κ1) is 36.9.